The Balaban J connectivity index is 1.71. The molecular weight excluding hydrogens is 274 g/mol. The molecule has 5 heteroatoms. The third-order valence-corrected chi connectivity index (χ3v) is 5.96. The van der Waals surface area contributed by atoms with Crippen molar-refractivity contribution in [1.29, 1.82) is 0 Å². The smallest absolute Gasteiger partial charge is 0.240 e. The Morgan fingerprint density at radius 3 is 2.70 bits per heavy atom. The molecule has 0 saturated heterocycles. The van der Waals surface area contributed by atoms with Crippen molar-refractivity contribution in [3.63, 3.8) is 0 Å². The van der Waals surface area contributed by atoms with E-state index < -0.39 is 10.0 Å². The maximum absolute atomic E-state index is 12.3. The molecule has 1 aromatic rings. The Morgan fingerprint density at radius 1 is 1.15 bits per heavy atom. The van der Waals surface area contributed by atoms with E-state index in [0.29, 0.717) is 11.4 Å². The van der Waals surface area contributed by atoms with Gasteiger partial charge in [-0.1, -0.05) is 12.5 Å². The molecule has 20 heavy (non-hydrogen) atoms. The van der Waals surface area contributed by atoms with Crippen LogP contribution in [0, 0.1) is 5.92 Å². The fourth-order valence-electron chi connectivity index (χ4n) is 3.27. The molecule has 1 aromatic carbocycles. The number of aliphatic hydroxyl groups excluding tert-OH is 1. The lowest BCUT2D eigenvalue weighted by atomic mass is 10.1. The minimum atomic E-state index is -3.45. The minimum Gasteiger partial charge on any atom is -0.393 e. The second kappa shape index (κ2) is 5.47. The number of hydrogen-bond acceptors (Lipinski definition) is 3. The third-order valence-electron chi connectivity index (χ3n) is 4.53. The van der Waals surface area contributed by atoms with Crippen molar-refractivity contribution < 1.29 is 13.5 Å². The van der Waals surface area contributed by atoms with Crippen LogP contribution in [0.2, 0.25) is 0 Å². The summed E-state index contributed by atoms with van der Waals surface area (Å²) in [6.45, 7) is 0.334. The molecular formula is C15H21NO3S. The summed E-state index contributed by atoms with van der Waals surface area (Å²) in [6.07, 6.45) is 5.43. The van der Waals surface area contributed by atoms with Crippen LogP contribution in [0.15, 0.2) is 23.1 Å². The first kappa shape index (κ1) is 14.0. The molecule has 0 bridgehead atoms. The van der Waals surface area contributed by atoms with Gasteiger partial charge in [-0.25, -0.2) is 13.1 Å². The lowest BCUT2D eigenvalue weighted by Crippen LogP contribution is -2.32. The second-order valence-corrected chi connectivity index (χ2v) is 7.66. The van der Waals surface area contributed by atoms with Crippen LogP contribution in [-0.4, -0.2) is 26.2 Å². The summed E-state index contributed by atoms with van der Waals surface area (Å²) < 4.78 is 27.3. The van der Waals surface area contributed by atoms with Gasteiger partial charge in [-0.05, 0) is 61.3 Å². The molecule has 3 rings (SSSR count). The molecule has 1 fully saturated rings. The molecule has 110 valence electrons. The van der Waals surface area contributed by atoms with Gasteiger partial charge in [0.1, 0.15) is 0 Å². The number of hydrogen-bond donors (Lipinski definition) is 2. The Labute approximate surface area is 120 Å². The highest BCUT2D eigenvalue weighted by Gasteiger charge is 2.27. The first-order chi connectivity index (χ1) is 9.56. The Bertz CT molecular complexity index is 597. The maximum atomic E-state index is 12.3. The van der Waals surface area contributed by atoms with Crippen molar-refractivity contribution in [2.24, 2.45) is 5.92 Å². The molecule has 0 heterocycles. The van der Waals surface area contributed by atoms with Crippen LogP contribution in [0.4, 0.5) is 0 Å². The zero-order chi connectivity index (χ0) is 14.2. The molecule has 2 atom stereocenters. The van der Waals surface area contributed by atoms with Gasteiger partial charge in [0, 0.05) is 6.54 Å². The summed E-state index contributed by atoms with van der Waals surface area (Å²) in [5, 5.41) is 9.75. The van der Waals surface area contributed by atoms with E-state index in [0.717, 1.165) is 44.1 Å². The summed E-state index contributed by atoms with van der Waals surface area (Å²) in [5.41, 5.74) is 2.43. The quantitative estimate of drug-likeness (QED) is 0.887. The summed E-state index contributed by atoms with van der Waals surface area (Å²) in [4.78, 5) is 0.352. The topological polar surface area (TPSA) is 66.4 Å². The molecule has 4 nitrogen and oxygen atoms in total. The summed E-state index contributed by atoms with van der Waals surface area (Å²) in [6, 6.07) is 5.43. The Kier molecular flexibility index (Phi) is 3.84. The number of aliphatic hydroxyl groups is 1. The fourth-order valence-corrected chi connectivity index (χ4v) is 4.42. The lowest BCUT2D eigenvalue weighted by Gasteiger charge is -2.15. The number of nitrogens with one attached hydrogen (secondary N) is 1. The summed E-state index contributed by atoms with van der Waals surface area (Å²) in [7, 11) is -3.45. The third kappa shape index (κ3) is 2.75. The maximum Gasteiger partial charge on any atom is 0.240 e. The highest BCUT2D eigenvalue weighted by Crippen LogP contribution is 2.26. The highest BCUT2D eigenvalue weighted by molar-refractivity contribution is 7.89. The molecule has 0 spiro atoms. The van der Waals surface area contributed by atoms with Crippen LogP contribution < -0.4 is 4.72 Å². The number of aryl methyl sites for hydroxylation is 2. The van der Waals surface area contributed by atoms with Crippen molar-refractivity contribution >= 4 is 10.0 Å². The van der Waals surface area contributed by atoms with Crippen LogP contribution >= 0.6 is 0 Å². The van der Waals surface area contributed by atoms with Crippen molar-refractivity contribution in [2.75, 3.05) is 6.54 Å². The predicted molar refractivity (Wildman–Crippen MR) is 77.0 cm³/mol. The zero-order valence-electron chi connectivity index (χ0n) is 11.5. The van der Waals surface area contributed by atoms with E-state index in [2.05, 4.69) is 4.72 Å². The summed E-state index contributed by atoms with van der Waals surface area (Å²) >= 11 is 0. The molecule has 2 unspecified atom stereocenters. The van der Waals surface area contributed by atoms with E-state index in [4.69, 9.17) is 0 Å². The number of sulfonamides is 1. The molecule has 0 amide bonds. The summed E-state index contributed by atoms with van der Waals surface area (Å²) in [5.74, 6) is 0.0548. The van der Waals surface area contributed by atoms with E-state index in [-0.39, 0.29) is 12.0 Å². The normalized spacial score (nSPS) is 25.9. The van der Waals surface area contributed by atoms with Crippen molar-refractivity contribution in [3.05, 3.63) is 29.3 Å². The van der Waals surface area contributed by atoms with Gasteiger partial charge in [0.25, 0.3) is 0 Å². The van der Waals surface area contributed by atoms with Gasteiger partial charge >= 0.3 is 0 Å². The molecule has 0 aliphatic heterocycles. The van der Waals surface area contributed by atoms with Gasteiger partial charge in [0.05, 0.1) is 11.0 Å². The SMILES string of the molecule is O=S(=O)(NCC1CCCC1O)c1ccc2c(c1)CCC2. The van der Waals surface area contributed by atoms with E-state index in [9.17, 15) is 13.5 Å². The van der Waals surface area contributed by atoms with Crippen molar-refractivity contribution in [1.82, 2.24) is 4.72 Å². The van der Waals surface area contributed by atoms with Crippen LogP contribution in [0.3, 0.4) is 0 Å². The van der Waals surface area contributed by atoms with Gasteiger partial charge < -0.3 is 5.11 Å². The van der Waals surface area contributed by atoms with Crippen molar-refractivity contribution in [2.45, 2.75) is 49.5 Å². The molecule has 2 aliphatic rings. The average Bonchev–Trinajstić information content (AvgIpc) is 3.04. The van der Waals surface area contributed by atoms with E-state index in [1.807, 2.05) is 6.07 Å². The van der Waals surface area contributed by atoms with E-state index >= 15 is 0 Å². The fraction of sp³-hybridized carbons (Fsp3) is 0.600. The molecule has 2 aliphatic carbocycles. The first-order valence-electron chi connectivity index (χ1n) is 7.36. The Hall–Kier alpha value is -0.910. The Morgan fingerprint density at radius 2 is 1.95 bits per heavy atom. The molecule has 2 N–H and O–H groups in total. The average molecular weight is 295 g/mol. The number of rotatable bonds is 4. The molecule has 0 aromatic heterocycles. The van der Waals surface area contributed by atoms with Gasteiger partial charge in [0.15, 0.2) is 0 Å². The van der Waals surface area contributed by atoms with Gasteiger partial charge in [0.2, 0.25) is 10.0 Å². The number of benzene rings is 1. The molecule has 0 radical (unpaired) electrons. The van der Waals surface area contributed by atoms with Gasteiger partial charge in [-0.3, -0.25) is 0 Å². The van der Waals surface area contributed by atoms with Gasteiger partial charge in [-0.15, -0.1) is 0 Å². The van der Waals surface area contributed by atoms with Crippen LogP contribution in [0.1, 0.15) is 36.8 Å². The van der Waals surface area contributed by atoms with E-state index in [1.165, 1.54) is 5.56 Å². The minimum absolute atomic E-state index is 0.0548. The highest BCUT2D eigenvalue weighted by atomic mass is 32.2. The van der Waals surface area contributed by atoms with Gasteiger partial charge in [-0.2, -0.15) is 0 Å². The van der Waals surface area contributed by atoms with E-state index in [1.54, 1.807) is 12.1 Å². The predicted octanol–water partition coefficient (Wildman–Crippen LogP) is 1.61. The van der Waals surface area contributed by atoms with Crippen LogP contribution in [0.5, 0.6) is 0 Å². The van der Waals surface area contributed by atoms with Crippen molar-refractivity contribution in [3.8, 4) is 0 Å². The second-order valence-electron chi connectivity index (χ2n) is 5.89. The standard InChI is InChI=1S/C15H21NO3S/c17-15-6-2-5-13(15)10-16-20(18,19)14-8-7-11-3-1-4-12(11)9-14/h7-9,13,15-17H,1-6,10H2. The monoisotopic (exact) mass is 295 g/mol. The largest absolute Gasteiger partial charge is 0.393 e. The first-order valence-corrected chi connectivity index (χ1v) is 8.84. The molecule has 1 saturated carbocycles. The zero-order valence-corrected chi connectivity index (χ0v) is 12.3. The van der Waals surface area contributed by atoms with Crippen LogP contribution in [0.25, 0.3) is 0 Å². The van der Waals surface area contributed by atoms with Crippen LogP contribution in [-0.2, 0) is 22.9 Å². The lowest BCUT2D eigenvalue weighted by molar-refractivity contribution is 0.134. The number of fused-ring (bicyclic) bond motifs is 1.